The molecule has 116 valence electrons. The number of phenolic OH excluding ortho intramolecular Hbond substituents is 1. The molecule has 1 fully saturated rings. The van der Waals surface area contributed by atoms with E-state index >= 15 is 0 Å². The van der Waals surface area contributed by atoms with E-state index in [1.807, 2.05) is 33.8 Å². The Morgan fingerprint density at radius 3 is 2.52 bits per heavy atom. The van der Waals surface area contributed by atoms with Gasteiger partial charge in [0.05, 0.1) is 11.2 Å². The van der Waals surface area contributed by atoms with Crippen molar-refractivity contribution in [1.82, 2.24) is 10.2 Å². The van der Waals surface area contributed by atoms with Gasteiger partial charge in [-0.15, -0.1) is 0 Å². The predicted molar refractivity (Wildman–Crippen MR) is 84.7 cm³/mol. The summed E-state index contributed by atoms with van der Waals surface area (Å²) in [5.41, 5.74) is 1.66. The van der Waals surface area contributed by atoms with E-state index in [0.29, 0.717) is 5.69 Å². The van der Waals surface area contributed by atoms with Crippen molar-refractivity contribution >= 4 is 11.6 Å². The van der Waals surface area contributed by atoms with E-state index in [1.54, 1.807) is 6.07 Å². The quantitative estimate of drug-likeness (QED) is 0.741. The lowest BCUT2D eigenvalue weighted by molar-refractivity contribution is -0.126. The van der Waals surface area contributed by atoms with E-state index in [0.717, 1.165) is 37.3 Å². The molecule has 0 bridgehead atoms. The average Bonchev–Trinajstić information content (AvgIpc) is 2.45. The van der Waals surface area contributed by atoms with Crippen molar-refractivity contribution in [2.75, 3.05) is 31.5 Å². The number of phenols is 1. The molecule has 5 heteroatoms. The molecule has 0 atom stereocenters. The number of nitrogens with zero attached hydrogens (tertiary/aromatic N) is 1. The second-order valence-electron chi connectivity index (χ2n) is 6.23. The number of piperazine rings is 1. The molecule has 1 aromatic rings. The largest absolute Gasteiger partial charge is 0.505 e. The highest BCUT2D eigenvalue weighted by atomic mass is 16.3. The van der Waals surface area contributed by atoms with Gasteiger partial charge in [0.1, 0.15) is 5.75 Å². The molecule has 0 unspecified atom stereocenters. The number of aromatic hydroxyl groups is 1. The maximum Gasteiger partial charge on any atom is 0.244 e. The van der Waals surface area contributed by atoms with Gasteiger partial charge in [-0.2, -0.15) is 0 Å². The Morgan fingerprint density at radius 2 is 1.90 bits per heavy atom. The monoisotopic (exact) mass is 291 g/mol. The molecule has 0 radical (unpaired) electrons. The highest BCUT2D eigenvalue weighted by molar-refractivity contribution is 5.98. The number of benzene rings is 1. The highest BCUT2D eigenvalue weighted by Gasteiger charge is 2.35. The van der Waals surface area contributed by atoms with Crippen molar-refractivity contribution in [3.05, 3.63) is 23.3 Å². The van der Waals surface area contributed by atoms with Gasteiger partial charge in [0.15, 0.2) is 0 Å². The van der Waals surface area contributed by atoms with E-state index in [1.165, 1.54) is 0 Å². The standard InChI is InChI=1S/C16H25N3O2/c1-11-9-12(2)14(20)13(10-11)18-15(21)16(3,4)19-7-5-17-6-8-19/h9-10,17,20H,5-8H2,1-4H3,(H,18,21). The minimum Gasteiger partial charge on any atom is -0.505 e. The number of nitrogens with one attached hydrogen (secondary N) is 2. The summed E-state index contributed by atoms with van der Waals surface area (Å²) in [5.74, 6) is 0.0507. The van der Waals surface area contributed by atoms with Crippen LogP contribution >= 0.6 is 0 Å². The van der Waals surface area contributed by atoms with Crippen molar-refractivity contribution in [3.8, 4) is 5.75 Å². The van der Waals surface area contributed by atoms with Gasteiger partial charge < -0.3 is 15.7 Å². The molecular formula is C16H25N3O2. The number of carbonyl (C=O) groups excluding carboxylic acids is 1. The molecule has 21 heavy (non-hydrogen) atoms. The normalized spacial score (nSPS) is 16.8. The van der Waals surface area contributed by atoms with Crippen LogP contribution < -0.4 is 10.6 Å². The summed E-state index contributed by atoms with van der Waals surface area (Å²) in [6.45, 7) is 11.1. The van der Waals surface area contributed by atoms with Crippen molar-refractivity contribution in [2.45, 2.75) is 33.2 Å². The molecule has 2 rings (SSSR count). The van der Waals surface area contributed by atoms with E-state index in [-0.39, 0.29) is 11.7 Å². The lowest BCUT2D eigenvalue weighted by Gasteiger charge is -2.39. The third-order valence-corrected chi connectivity index (χ3v) is 4.16. The molecule has 1 aliphatic heterocycles. The molecule has 1 aromatic carbocycles. The predicted octanol–water partition coefficient (Wildman–Crippen LogP) is 1.63. The molecule has 1 saturated heterocycles. The Labute approximate surface area is 126 Å². The molecule has 0 spiro atoms. The number of hydrogen-bond acceptors (Lipinski definition) is 4. The second-order valence-corrected chi connectivity index (χ2v) is 6.23. The van der Waals surface area contributed by atoms with Gasteiger partial charge in [-0.1, -0.05) is 6.07 Å². The molecule has 0 saturated carbocycles. The van der Waals surface area contributed by atoms with Crippen molar-refractivity contribution < 1.29 is 9.90 Å². The number of carbonyl (C=O) groups is 1. The van der Waals surface area contributed by atoms with Crippen LogP contribution in [0.3, 0.4) is 0 Å². The molecule has 5 nitrogen and oxygen atoms in total. The van der Waals surface area contributed by atoms with Crippen LogP contribution in [0.25, 0.3) is 0 Å². The third-order valence-electron chi connectivity index (χ3n) is 4.16. The van der Waals surface area contributed by atoms with Crippen LogP contribution in [0, 0.1) is 13.8 Å². The highest BCUT2D eigenvalue weighted by Crippen LogP contribution is 2.30. The zero-order valence-corrected chi connectivity index (χ0v) is 13.3. The molecule has 1 aliphatic rings. The van der Waals surface area contributed by atoms with Crippen LogP contribution in [0.1, 0.15) is 25.0 Å². The summed E-state index contributed by atoms with van der Waals surface area (Å²) >= 11 is 0. The van der Waals surface area contributed by atoms with Gasteiger partial charge in [-0.3, -0.25) is 9.69 Å². The molecular weight excluding hydrogens is 266 g/mol. The number of anilines is 1. The molecule has 0 aliphatic carbocycles. The van der Waals surface area contributed by atoms with Crippen molar-refractivity contribution in [1.29, 1.82) is 0 Å². The minimum absolute atomic E-state index is 0.0929. The topological polar surface area (TPSA) is 64.6 Å². The summed E-state index contributed by atoms with van der Waals surface area (Å²) < 4.78 is 0. The fraction of sp³-hybridized carbons (Fsp3) is 0.562. The molecule has 3 N–H and O–H groups in total. The first-order valence-electron chi connectivity index (χ1n) is 7.40. The Bertz CT molecular complexity index is 535. The zero-order chi connectivity index (χ0) is 15.6. The maximum absolute atomic E-state index is 12.6. The Morgan fingerprint density at radius 1 is 1.29 bits per heavy atom. The van der Waals surface area contributed by atoms with E-state index in [9.17, 15) is 9.90 Å². The summed E-state index contributed by atoms with van der Waals surface area (Å²) in [6, 6.07) is 3.69. The van der Waals surface area contributed by atoms with E-state index in [2.05, 4.69) is 15.5 Å². The van der Waals surface area contributed by atoms with E-state index in [4.69, 9.17) is 0 Å². The fourth-order valence-electron chi connectivity index (χ4n) is 2.70. The Kier molecular flexibility index (Phi) is 4.54. The number of rotatable bonds is 3. The molecule has 1 heterocycles. The lowest BCUT2D eigenvalue weighted by atomic mass is 10.00. The lowest BCUT2D eigenvalue weighted by Crippen LogP contribution is -2.58. The smallest absolute Gasteiger partial charge is 0.244 e. The van der Waals surface area contributed by atoms with Crippen LogP contribution in [0.2, 0.25) is 0 Å². The Balaban J connectivity index is 2.17. The maximum atomic E-state index is 12.6. The summed E-state index contributed by atoms with van der Waals surface area (Å²) in [5, 5.41) is 16.3. The Hall–Kier alpha value is -1.59. The second kappa shape index (κ2) is 6.03. The first-order chi connectivity index (χ1) is 9.82. The average molecular weight is 291 g/mol. The number of aryl methyl sites for hydroxylation is 2. The van der Waals surface area contributed by atoms with Crippen molar-refractivity contribution in [3.63, 3.8) is 0 Å². The van der Waals surface area contributed by atoms with Gasteiger partial charge >= 0.3 is 0 Å². The first kappa shape index (κ1) is 15.8. The van der Waals surface area contributed by atoms with Crippen LogP contribution in [0.4, 0.5) is 5.69 Å². The van der Waals surface area contributed by atoms with Crippen LogP contribution in [0.5, 0.6) is 5.75 Å². The van der Waals surface area contributed by atoms with Crippen LogP contribution in [0.15, 0.2) is 12.1 Å². The van der Waals surface area contributed by atoms with Gasteiger partial charge in [0.2, 0.25) is 5.91 Å². The molecule has 0 aromatic heterocycles. The summed E-state index contributed by atoms with van der Waals surface area (Å²) in [7, 11) is 0. The number of amides is 1. The summed E-state index contributed by atoms with van der Waals surface area (Å²) in [6.07, 6.45) is 0. The minimum atomic E-state index is -0.605. The zero-order valence-electron chi connectivity index (χ0n) is 13.3. The SMILES string of the molecule is Cc1cc(C)c(O)c(NC(=O)C(C)(C)N2CCNCC2)c1. The molecule has 1 amide bonds. The first-order valence-corrected chi connectivity index (χ1v) is 7.40. The van der Waals surface area contributed by atoms with Gasteiger partial charge in [0.25, 0.3) is 0 Å². The van der Waals surface area contributed by atoms with Crippen LogP contribution in [-0.4, -0.2) is 47.6 Å². The van der Waals surface area contributed by atoms with E-state index < -0.39 is 5.54 Å². The fourth-order valence-corrected chi connectivity index (χ4v) is 2.70. The van der Waals surface area contributed by atoms with Gasteiger partial charge in [-0.25, -0.2) is 0 Å². The van der Waals surface area contributed by atoms with Gasteiger partial charge in [0, 0.05) is 26.2 Å². The number of hydrogen-bond donors (Lipinski definition) is 3. The van der Waals surface area contributed by atoms with Crippen LogP contribution in [-0.2, 0) is 4.79 Å². The van der Waals surface area contributed by atoms with Gasteiger partial charge in [-0.05, 0) is 44.9 Å². The van der Waals surface area contributed by atoms with Crippen molar-refractivity contribution in [2.24, 2.45) is 0 Å². The third kappa shape index (κ3) is 3.36. The summed E-state index contributed by atoms with van der Waals surface area (Å²) in [4.78, 5) is 14.8.